The molecule has 0 spiro atoms. The van der Waals surface area contributed by atoms with Crippen LogP contribution in [-0.2, 0) is 16.2 Å². The van der Waals surface area contributed by atoms with Gasteiger partial charge in [0.15, 0.2) is 0 Å². The molecular weight excluding hydrogens is 683 g/mol. The Morgan fingerprint density at radius 1 is 0.436 bits per heavy atom. The summed E-state index contributed by atoms with van der Waals surface area (Å²) in [5.41, 5.74) is 17.1. The van der Waals surface area contributed by atoms with Gasteiger partial charge in [-0.3, -0.25) is 0 Å². The van der Waals surface area contributed by atoms with E-state index in [2.05, 4.69) is 198 Å². The van der Waals surface area contributed by atoms with Crippen LogP contribution in [0.4, 0.5) is 17.1 Å². The molecule has 0 saturated heterocycles. The van der Waals surface area contributed by atoms with Crippen LogP contribution in [0.15, 0.2) is 152 Å². The van der Waals surface area contributed by atoms with Crippen LogP contribution in [0, 0.1) is 0 Å². The highest BCUT2D eigenvalue weighted by molar-refractivity contribution is 7.26. The molecule has 0 bridgehead atoms. The predicted molar refractivity (Wildman–Crippen MR) is 238 cm³/mol. The standard InChI is InChI=1S/C53H47NS/c1-51(2)29-30-52(3,4)46-31-36(25-28-44(46)51)41-32-42-38-17-10-12-20-43(38)53(5,6)45(42)33-48(41)54(37-26-23-35(24-27-37)34-15-8-7-9-16-34)47-21-14-19-40-39-18-11-13-22-49(39)55-50(40)47/h7-28,31-33H,29-30H2,1-6H3. The Balaban J connectivity index is 1.28. The summed E-state index contributed by atoms with van der Waals surface area (Å²) < 4.78 is 2.62. The molecule has 2 heteroatoms. The summed E-state index contributed by atoms with van der Waals surface area (Å²) in [6.45, 7) is 14.5. The maximum atomic E-state index is 2.57. The molecule has 0 aliphatic heterocycles. The van der Waals surface area contributed by atoms with Crippen molar-refractivity contribution in [1.29, 1.82) is 0 Å². The van der Waals surface area contributed by atoms with E-state index in [0.717, 1.165) is 5.69 Å². The molecule has 0 amide bonds. The lowest BCUT2D eigenvalue weighted by Crippen LogP contribution is -2.33. The van der Waals surface area contributed by atoms with Crippen LogP contribution in [-0.4, -0.2) is 0 Å². The smallest absolute Gasteiger partial charge is 0.0640 e. The first-order chi connectivity index (χ1) is 26.5. The molecule has 8 aromatic rings. The quantitative estimate of drug-likeness (QED) is 0.170. The Morgan fingerprint density at radius 2 is 1.09 bits per heavy atom. The Bertz CT molecular complexity index is 2780. The van der Waals surface area contributed by atoms with Gasteiger partial charge in [0.2, 0.25) is 0 Å². The van der Waals surface area contributed by atoms with E-state index in [0.29, 0.717) is 0 Å². The van der Waals surface area contributed by atoms with Crippen LogP contribution >= 0.6 is 11.3 Å². The molecule has 0 radical (unpaired) electrons. The fraction of sp³-hybridized carbons (Fsp3) is 0.208. The molecule has 55 heavy (non-hydrogen) atoms. The SMILES string of the molecule is CC1(C)CCC(C)(C)c2cc(-c3cc4c(cc3N(c3ccc(-c5ccccc5)cc3)c3cccc5c3sc3ccccc35)C(C)(C)c3ccccc3-4)ccc21. The molecule has 10 rings (SSSR count). The summed E-state index contributed by atoms with van der Waals surface area (Å²) in [7, 11) is 0. The summed E-state index contributed by atoms with van der Waals surface area (Å²) in [4.78, 5) is 2.57. The van der Waals surface area contributed by atoms with Crippen LogP contribution < -0.4 is 4.90 Å². The van der Waals surface area contributed by atoms with Crippen molar-refractivity contribution in [2.24, 2.45) is 0 Å². The van der Waals surface area contributed by atoms with Crippen molar-refractivity contribution in [3.63, 3.8) is 0 Å². The predicted octanol–water partition coefficient (Wildman–Crippen LogP) is 15.5. The molecule has 1 nitrogen and oxygen atoms in total. The second-order valence-electron chi connectivity index (χ2n) is 17.6. The summed E-state index contributed by atoms with van der Waals surface area (Å²) in [6, 6.07) is 57.2. The summed E-state index contributed by atoms with van der Waals surface area (Å²) in [6.07, 6.45) is 2.39. The normalized spacial score (nSPS) is 16.1. The second-order valence-corrected chi connectivity index (χ2v) is 18.7. The molecule has 0 atom stereocenters. The fourth-order valence-electron chi connectivity index (χ4n) is 9.66. The Morgan fingerprint density at radius 3 is 1.89 bits per heavy atom. The lowest BCUT2D eigenvalue weighted by atomic mass is 9.63. The van der Waals surface area contributed by atoms with E-state index in [1.165, 1.54) is 100 Å². The minimum Gasteiger partial charge on any atom is -0.308 e. The first-order valence-corrected chi connectivity index (χ1v) is 20.6. The lowest BCUT2D eigenvalue weighted by molar-refractivity contribution is 0.332. The van der Waals surface area contributed by atoms with E-state index in [1.54, 1.807) is 0 Å². The third kappa shape index (κ3) is 5.33. The average molecular weight is 730 g/mol. The number of nitrogens with zero attached hydrogens (tertiary/aromatic N) is 1. The van der Waals surface area contributed by atoms with Crippen LogP contribution in [0.1, 0.15) is 76.6 Å². The number of thiophene rings is 1. The topological polar surface area (TPSA) is 3.24 Å². The maximum absolute atomic E-state index is 2.57. The van der Waals surface area contributed by atoms with E-state index in [-0.39, 0.29) is 16.2 Å². The van der Waals surface area contributed by atoms with Crippen molar-refractivity contribution in [3.05, 3.63) is 174 Å². The molecular formula is C53H47NS. The van der Waals surface area contributed by atoms with Crippen LogP contribution in [0.25, 0.3) is 53.6 Å². The highest BCUT2D eigenvalue weighted by atomic mass is 32.1. The van der Waals surface area contributed by atoms with Crippen molar-refractivity contribution in [2.45, 2.75) is 70.6 Å². The highest BCUT2D eigenvalue weighted by Gasteiger charge is 2.39. The van der Waals surface area contributed by atoms with E-state index in [1.807, 2.05) is 11.3 Å². The van der Waals surface area contributed by atoms with Gasteiger partial charge in [0.25, 0.3) is 0 Å². The first-order valence-electron chi connectivity index (χ1n) is 19.8. The van der Waals surface area contributed by atoms with Gasteiger partial charge in [0, 0.05) is 32.1 Å². The minimum absolute atomic E-state index is 0.0992. The largest absolute Gasteiger partial charge is 0.308 e. The molecule has 2 aliphatic carbocycles. The minimum atomic E-state index is -0.145. The second kappa shape index (κ2) is 12.3. The zero-order chi connectivity index (χ0) is 37.7. The van der Waals surface area contributed by atoms with Gasteiger partial charge in [-0.1, -0.05) is 157 Å². The summed E-state index contributed by atoms with van der Waals surface area (Å²) >= 11 is 1.90. The summed E-state index contributed by atoms with van der Waals surface area (Å²) in [5.74, 6) is 0. The van der Waals surface area contributed by atoms with Gasteiger partial charge < -0.3 is 4.90 Å². The van der Waals surface area contributed by atoms with Crippen LogP contribution in [0.2, 0.25) is 0 Å². The van der Waals surface area contributed by atoms with Gasteiger partial charge in [0.1, 0.15) is 0 Å². The van der Waals surface area contributed by atoms with Crippen LogP contribution in [0.5, 0.6) is 0 Å². The van der Waals surface area contributed by atoms with Gasteiger partial charge in [-0.2, -0.15) is 0 Å². The fourth-order valence-corrected chi connectivity index (χ4v) is 10.9. The molecule has 7 aromatic carbocycles. The molecule has 0 N–H and O–H groups in total. The third-order valence-electron chi connectivity index (χ3n) is 13.0. The molecule has 2 aliphatic rings. The van der Waals surface area contributed by atoms with E-state index in [9.17, 15) is 0 Å². The van der Waals surface area contributed by atoms with Crippen molar-refractivity contribution >= 4 is 48.6 Å². The Kier molecular flexibility index (Phi) is 7.61. The zero-order valence-corrected chi connectivity index (χ0v) is 33.5. The van der Waals surface area contributed by atoms with E-state index < -0.39 is 0 Å². The number of fused-ring (bicyclic) bond motifs is 7. The monoisotopic (exact) mass is 729 g/mol. The van der Waals surface area contributed by atoms with Crippen LogP contribution in [0.3, 0.4) is 0 Å². The number of hydrogen-bond donors (Lipinski definition) is 0. The first kappa shape index (κ1) is 34.1. The van der Waals surface area contributed by atoms with Crippen molar-refractivity contribution < 1.29 is 0 Å². The lowest BCUT2D eigenvalue weighted by Gasteiger charge is -2.42. The Hall–Kier alpha value is -5.44. The van der Waals surface area contributed by atoms with Gasteiger partial charge >= 0.3 is 0 Å². The highest BCUT2D eigenvalue weighted by Crippen LogP contribution is 2.55. The molecule has 0 fully saturated rings. The third-order valence-corrected chi connectivity index (χ3v) is 14.2. The van der Waals surface area contributed by atoms with Crippen molar-refractivity contribution in [3.8, 4) is 33.4 Å². The molecule has 0 unspecified atom stereocenters. The zero-order valence-electron chi connectivity index (χ0n) is 32.7. The summed E-state index contributed by atoms with van der Waals surface area (Å²) in [5, 5.41) is 2.62. The van der Waals surface area contributed by atoms with E-state index >= 15 is 0 Å². The Labute approximate surface area is 329 Å². The van der Waals surface area contributed by atoms with E-state index in [4.69, 9.17) is 0 Å². The van der Waals surface area contributed by atoms with Crippen molar-refractivity contribution in [1.82, 2.24) is 0 Å². The van der Waals surface area contributed by atoms with Gasteiger partial charge in [-0.25, -0.2) is 0 Å². The average Bonchev–Trinajstić information content (AvgIpc) is 3.69. The molecule has 0 saturated carbocycles. The number of anilines is 3. The molecule has 270 valence electrons. The number of rotatable bonds is 5. The number of hydrogen-bond acceptors (Lipinski definition) is 2. The molecule has 1 aromatic heterocycles. The van der Waals surface area contributed by atoms with Gasteiger partial charge in [-0.05, 0) is 110 Å². The molecule has 1 heterocycles. The van der Waals surface area contributed by atoms with Gasteiger partial charge in [-0.15, -0.1) is 11.3 Å². The maximum Gasteiger partial charge on any atom is 0.0640 e. The van der Waals surface area contributed by atoms with Crippen molar-refractivity contribution in [2.75, 3.05) is 4.90 Å². The number of benzene rings is 7. The van der Waals surface area contributed by atoms with Gasteiger partial charge in [0.05, 0.1) is 16.1 Å².